The molecular formula is C22H28N2O. The van der Waals surface area contributed by atoms with Crippen molar-refractivity contribution in [3.05, 3.63) is 54.1 Å². The number of aliphatic hydroxyl groups excluding tert-OH is 1. The first-order valence-corrected chi connectivity index (χ1v) is 9.55. The third kappa shape index (κ3) is 3.58. The first kappa shape index (κ1) is 16.6. The third-order valence-corrected chi connectivity index (χ3v) is 5.81. The number of hydrogen-bond donors (Lipinski definition) is 2. The molecule has 2 aromatic carbocycles. The lowest BCUT2D eigenvalue weighted by molar-refractivity contribution is 0.0562. The van der Waals surface area contributed by atoms with Gasteiger partial charge in [0.15, 0.2) is 0 Å². The molecule has 1 aliphatic heterocycles. The van der Waals surface area contributed by atoms with E-state index in [2.05, 4.69) is 65.7 Å². The van der Waals surface area contributed by atoms with E-state index < -0.39 is 0 Å². The Kier molecular flexibility index (Phi) is 4.78. The minimum atomic E-state index is -0.0686. The lowest BCUT2D eigenvalue weighted by atomic mass is 9.88. The van der Waals surface area contributed by atoms with Crippen LogP contribution in [0.25, 0.3) is 11.1 Å². The molecule has 0 atom stereocenters. The van der Waals surface area contributed by atoms with E-state index in [9.17, 15) is 5.11 Å². The van der Waals surface area contributed by atoms with E-state index in [1.54, 1.807) is 0 Å². The summed E-state index contributed by atoms with van der Waals surface area (Å²) in [5, 5.41) is 13.2. The number of benzene rings is 2. The van der Waals surface area contributed by atoms with Crippen LogP contribution in [0.2, 0.25) is 0 Å². The highest BCUT2D eigenvalue weighted by molar-refractivity contribution is 5.74. The fourth-order valence-corrected chi connectivity index (χ4v) is 4.24. The van der Waals surface area contributed by atoms with Crippen LogP contribution in [0.15, 0.2) is 48.5 Å². The Bertz CT molecular complexity index is 701. The van der Waals surface area contributed by atoms with Crippen molar-refractivity contribution in [3.8, 4) is 11.1 Å². The molecule has 2 aromatic rings. The van der Waals surface area contributed by atoms with E-state index in [-0.39, 0.29) is 6.10 Å². The van der Waals surface area contributed by atoms with Gasteiger partial charge in [0.2, 0.25) is 0 Å². The maximum Gasteiger partial charge on any atom is 0.0570 e. The maximum absolute atomic E-state index is 9.44. The summed E-state index contributed by atoms with van der Waals surface area (Å²) in [7, 11) is 0. The van der Waals surface area contributed by atoms with Gasteiger partial charge in [-0.1, -0.05) is 42.5 Å². The third-order valence-electron chi connectivity index (χ3n) is 5.81. The fraction of sp³-hybridized carbons (Fsp3) is 0.455. The number of aliphatic hydroxyl groups is 1. The number of nitrogens with zero attached hydrogens (tertiary/aromatic N) is 1. The fourth-order valence-electron chi connectivity index (χ4n) is 4.24. The maximum atomic E-state index is 9.44. The summed E-state index contributed by atoms with van der Waals surface area (Å²) in [5.74, 6) is 0. The van der Waals surface area contributed by atoms with Crippen LogP contribution in [-0.4, -0.2) is 36.4 Å². The minimum Gasteiger partial charge on any atom is -0.393 e. The number of hydrogen-bond acceptors (Lipinski definition) is 3. The standard InChI is InChI=1S/C22H28N2O/c1-16-21(17-6-3-2-4-7-17)8-5-9-22(16)24-12-10-18(11-13-24)23-19-14-20(25)15-19/h2-9,18-20,23,25H,10-15H2,1H3/t19-,20+. The first-order chi connectivity index (χ1) is 12.2. The van der Waals surface area contributed by atoms with Gasteiger partial charge in [0.25, 0.3) is 0 Å². The largest absolute Gasteiger partial charge is 0.393 e. The molecule has 0 spiro atoms. The predicted molar refractivity (Wildman–Crippen MR) is 104 cm³/mol. The monoisotopic (exact) mass is 336 g/mol. The van der Waals surface area contributed by atoms with Gasteiger partial charge in [-0.15, -0.1) is 0 Å². The summed E-state index contributed by atoms with van der Waals surface area (Å²) in [4.78, 5) is 2.54. The molecule has 1 saturated carbocycles. The molecule has 0 radical (unpaired) electrons. The van der Waals surface area contributed by atoms with Crippen LogP contribution >= 0.6 is 0 Å². The van der Waals surface area contributed by atoms with Crippen molar-refractivity contribution in [3.63, 3.8) is 0 Å². The average Bonchev–Trinajstić information content (AvgIpc) is 2.62. The quantitative estimate of drug-likeness (QED) is 0.893. The van der Waals surface area contributed by atoms with E-state index >= 15 is 0 Å². The van der Waals surface area contributed by atoms with Gasteiger partial charge in [0, 0.05) is 30.9 Å². The van der Waals surface area contributed by atoms with Gasteiger partial charge in [-0.05, 0) is 55.4 Å². The van der Waals surface area contributed by atoms with Gasteiger partial charge in [0.05, 0.1) is 6.10 Å². The summed E-state index contributed by atoms with van der Waals surface area (Å²) in [5.41, 5.74) is 5.38. The molecule has 3 nitrogen and oxygen atoms in total. The number of nitrogens with one attached hydrogen (secondary N) is 1. The van der Waals surface area contributed by atoms with E-state index in [0.29, 0.717) is 12.1 Å². The predicted octanol–water partition coefficient (Wildman–Crippen LogP) is 3.74. The number of rotatable bonds is 4. The molecule has 0 unspecified atom stereocenters. The van der Waals surface area contributed by atoms with Crippen LogP contribution in [0, 0.1) is 6.92 Å². The van der Waals surface area contributed by atoms with Crippen LogP contribution in [0.5, 0.6) is 0 Å². The molecule has 2 aliphatic rings. The summed E-state index contributed by atoms with van der Waals surface area (Å²) < 4.78 is 0. The minimum absolute atomic E-state index is 0.0686. The van der Waals surface area contributed by atoms with Gasteiger partial charge >= 0.3 is 0 Å². The number of anilines is 1. The molecule has 2 fully saturated rings. The Labute approximate surface area is 150 Å². The molecule has 0 amide bonds. The van der Waals surface area contributed by atoms with Crippen LogP contribution in [0.3, 0.4) is 0 Å². The molecule has 1 saturated heterocycles. The first-order valence-electron chi connectivity index (χ1n) is 9.55. The van der Waals surface area contributed by atoms with E-state index in [0.717, 1.165) is 25.9 Å². The second-order valence-corrected chi connectivity index (χ2v) is 7.57. The van der Waals surface area contributed by atoms with Crippen molar-refractivity contribution in [2.24, 2.45) is 0 Å². The van der Waals surface area contributed by atoms with Crippen LogP contribution < -0.4 is 10.2 Å². The molecule has 0 bridgehead atoms. The molecule has 132 valence electrons. The topological polar surface area (TPSA) is 35.5 Å². The average molecular weight is 336 g/mol. The molecule has 1 aliphatic carbocycles. The molecule has 2 N–H and O–H groups in total. The van der Waals surface area contributed by atoms with Crippen molar-refractivity contribution in [1.29, 1.82) is 0 Å². The zero-order valence-corrected chi connectivity index (χ0v) is 15.0. The van der Waals surface area contributed by atoms with Crippen molar-refractivity contribution in [2.45, 2.75) is 50.8 Å². The second-order valence-electron chi connectivity index (χ2n) is 7.57. The molecule has 1 heterocycles. The normalized spacial score (nSPS) is 24.2. The van der Waals surface area contributed by atoms with Crippen LogP contribution in [0.1, 0.15) is 31.2 Å². The van der Waals surface area contributed by atoms with E-state index in [4.69, 9.17) is 0 Å². The van der Waals surface area contributed by atoms with Crippen LogP contribution in [0.4, 0.5) is 5.69 Å². The van der Waals surface area contributed by atoms with Gasteiger partial charge < -0.3 is 15.3 Å². The Morgan fingerprint density at radius 2 is 1.64 bits per heavy atom. The van der Waals surface area contributed by atoms with Crippen molar-refractivity contribution in [1.82, 2.24) is 5.32 Å². The smallest absolute Gasteiger partial charge is 0.0570 e. The molecule has 4 rings (SSSR count). The highest BCUT2D eigenvalue weighted by Gasteiger charge is 2.30. The lowest BCUT2D eigenvalue weighted by Gasteiger charge is -2.40. The van der Waals surface area contributed by atoms with Gasteiger partial charge in [-0.3, -0.25) is 0 Å². The summed E-state index contributed by atoms with van der Waals surface area (Å²) >= 11 is 0. The van der Waals surface area contributed by atoms with E-state index in [1.807, 2.05) is 0 Å². The Morgan fingerprint density at radius 1 is 0.920 bits per heavy atom. The molecule has 0 aromatic heterocycles. The van der Waals surface area contributed by atoms with Gasteiger partial charge in [0.1, 0.15) is 0 Å². The Hall–Kier alpha value is -1.84. The van der Waals surface area contributed by atoms with Crippen molar-refractivity contribution >= 4 is 5.69 Å². The SMILES string of the molecule is Cc1c(-c2ccccc2)cccc1N1CCC(N[C@H]2C[C@@H](O)C2)CC1. The van der Waals surface area contributed by atoms with Crippen molar-refractivity contribution in [2.75, 3.05) is 18.0 Å². The van der Waals surface area contributed by atoms with Gasteiger partial charge in [-0.25, -0.2) is 0 Å². The Morgan fingerprint density at radius 3 is 2.32 bits per heavy atom. The van der Waals surface area contributed by atoms with Crippen molar-refractivity contribution < 1.29 is 5.11 Å². The highest BCUT2D eigenvalue weighted by atomic mass is 16.3. The molecular weight excluding hydrogens is 308 g/mol. The number of piperidine rings is 1. The van der Waals surface area contributed by atoms with Gasteiger partial charge in [-0.2, -0.15) is 0 Å². The van der Waals surface area contributed by atoms with E-state index in [1.165, 1.54) is 35.2 Å². The van der Waals surface area contributed by atoms with Crippen LogP contribution in [-0.2, 0) is 0 Å². The zero-order chi connectivity index (χ0) is 17.2. The highest BCUT2D eigenvalue weighted by Crippen LogP contribution is 2.32. The zero-order valence-electron chi connectivity index (χ0n) is 15.0. The Balaban J connectivity index is 1.43. The molecule has 3 heteroatoms. The second kappa shape index (κ2) is 7.19. The lowest BCUT2D eigenvalue weighted by Crippen LogP contribution is -2.52. The summed E-state index contributed by atoms with van der Waals surface area (Å²) in [6, 6.07) is 18.5. The molecule has 25 heavy (non-hydrogen) atoms. The summed E-state index contributed by atoms with van der Waals surface area (Å²) in [6.07, 6.45) is 4.15. The summed E-state index contributed by atoms with van der Waals surface area (Å²) in [6.45, 7) is 4.45.